The number of aromatic nitrogens is 2. The van der Waals surface area contributed by atoms with E-state index in [4.69, 9.17) is 10.00 Å². The second-order valence-corrected chi connectivity index (χ2v) is 6.45. The normalized spacial score (nSPS) is 16.7. The minimum atomic E-state index is -0.106. The molecule has 2 heterocycles. The molecule has 134 valence electrons. The van der Waals surface area contributed by atoms with E-state index in [1.54, 1.807) is 35.2 Å². The number of piperidine rings is 1. The Balaban J connectivity index is 1.63. The summed E-state index contributed by atoms with van der Waals surface area (Å²) in [4.78, 5) is 16.3. The number of carbonyl (C=O) groups is 1. The van der Waals surface area contributed by atoms with Crippen LogP contribution in [-0.4, -0.2) is 54.3 Å². The molecule has 1 aliphatic heterocycles. The van der Waals surface area contributed by atoms with Crippen molar-refractivity contribution in [3.8, 4) is 11.9 Å². The number of benzene rings is 1. The molecule has 1 atom stereocenters. The summed E-state index contributed by atoms with van der Waals surface area (Å²) in [6.45, 7) is 1.21. The summed E-state index contributed by atoms with van der Waals surface area (Å²) in [5.74, 6) is 1.18. The molecule has 3 rings (SSSR count). The first kappa shape index (κ1) is 17.7. The first-order valence-corrected chi connectivity index (χ1v) is 8.54. The number of ether oxygens (including phenoxy) is 1. The summed E-state index contributed by atoms with van der Waals surface area (Å²) in [6, 6.07) is 12.4. The zero-order chi connectivity index (χ0) is 18.5. The lowest BCUT2D eigenvalue weighted by molar-refractivity contribution is 0.0525. The molecule has 0 radical (unpaired) electrons. The van der Waals surface area contributed by atoms with Gasteiger partial charge in [0.2, 0.25) is 5.88 Å². The van der Waals surface area contributed by atoms with Crippen molar-refractivity contribution >= 4 is 11.7 Å². The van der Waals surface area contributed by atoms with Gasteiger partial charge in [0.25, 0.3) is 5.91 Å². The molecule has 7 nitrogen and oxygen atoms in total. The topological polar surface area (TPSA) is 82.4 Å². The van der Waals surface area contributed by atoms with Gasteiger partial charge in [0.1, 0.15) is 6.10 Å². The van der Waals surface area contributed by atoms with Gasteiger partial charge in [-0.15, -0.1) is 10.2 Å². The lowest BCUT2D eigenvalue weighted by Crippen LogP contribution is -2.44. The Kier molecular flexibility index (Phi) is 5.32. The lowest BCUT2D eigenvalue weighted by atomic mass is 10.1. The number of nitrogens with zero attached hydrogens (tertiary/aromatic N) is 5. The summed E-state index contributed by atoms with van der Waals surface area (Å²) in [7, 11) is 3.80. The monoisotopic (exact) mass is 351 g/mol. The van der Waals surface area contributed by atoms with Crippen molar-refractivity contribution in [2.45, 2.75) is 18.9 Å². The average molecular weight is 351 g/mol. The largest absolute Gasteiger partial charge is 0.471 e. The van der Waals surface area contributed by atoms with Crippen LogP contribution in [0.2, 0.25) is 0 Å². The van der Waals surface area contributed by atoms with Gasteiger partial charge in [0.05, 0.1) is 18.2 Å². The van der Waals surface area contributed by atoms with E-state index in [2.05, 4.69) is 16.3 Å². The first-order valence-electron chi connectivity index (χ1n) is 8.54. The lowest BCUT2D eigenvalue weighted by Gasteiger charge is -2.32. The maximum absolute atomic E-state index is 12.7. The quantitative estimate of drug-likeness (QED) is 0.839. The van der Waals surface area contributed by atoms with Gasteiger partial charge >= 0.3 is 0 Å². The molecule has 1 aromatic heterocycles. The van der Waals surface area contributed by atoms with E-state index in [1.807, 2.05) is 25.1 Å². The van der Waals surface area contributed by atoms with Gasteiger partial charge in [0, 0.05) is 32.3 Å². The van der Waals surface area contributed by atoms with Crippen LogP contribution in [0.5, 0.6) is 5.88 Å². The van der Waals surface area contributed by atoms with Crippen molar-refractivity contribution in [3.63, 3.8) is 0 Å². The third kappa shape index (κ3) is 4.09. The Hall–Kier alpha value is -3.14. The Bertz CT molecular complexity index is 796. The molecule has 0 N–H and O–H groups in total. The highest BCUT2D eigenvalue weighted by molar-refractivity contribution is 5.94. The zero-order valence-electron chi connectivity index (χ0n) is 14.9. The molecule has 1 fully saturated rings. The first-order chi connectivity index (χ1) is 12.6. The number of rotatable bonds is 4. The third-order valence-corrected chi connectivity index (χ3v) is 4.30. The summed E-state index contributed by atoms with van der Waals surface area (Å²) >= 11 is 0. The fraction of sp³-hybridized carbons (Fsp3) is 0.368. The van der Waals surface area contributed by atoms with Crippen molar-refractivity contribution in [3.05, 3.63) is 47.5 Å². The number of amides is 1. The van der Waals surface area contributed by atoms with E-state index in [0.717, 1.165) is 18.7 Å². The Morgan fingerprint density at radius 2 is 2.00 bits per heavy atom. The SMILES string of the molecule is CN(C)c1ccc(OC2CCCN(C(=O)c3ccc(C#N)cc3)C2)nn1. The van der Waals surface area contributed by atoms with Crippen LogP contribution in [0, 0.1) is 11.3 Å². The van der Waals surface area contributed by atoms with Crippen LogP contribution in [0.25, 0.3) is 0 Å². The molecular weight excluding hydrogens is 330 g/mol. The van der Waals surface area contributed by atoms with Crippen molar-refractivity contribution in [1.29, 1.82) is 5.26 Å². The molecule has 1 aromatic carbocycles. The van der Waals surface area contributed by atoms with E-state index in [9.17, 15) is 4.79 Å². The molecule has 0 saturated carbocycles. The maximum Gasteiger partial charge on any atom is 0.253 e. The minimum Gasteiger partial charge on any atom is -0.471 e. The van der Waals surface area contributed by atoms with Crippen LogP contribution in [0.3, 0.4) is 0 Å². The minimum absolute atomic E-state index is 0.0446. The summed E-state index contributed by atoms with van der Waals surface area (Å²) < 4.78 is 5.91. The van der Waals surface area contributed by atoms with Gasteiger partial charge < -0.3 is 14.5 Å². The smallest absolute Gasteiger partial charge is 0.253 e. The molecule has 0 spiro atoms. The summed E-state index contributed by atoms with van der Waals surface area (Å²) in [5.41, 5.74) is 1.13. The van der Waals surface area contributed by atoms with E-state index in [-0.39, 0.29) is 12.0 Å². The van der Waals surface area contributed by atoms with Crippen LogP contribution in [0.1, 0.15) is 28.8 Å². The average Bonchev–Trinajstić information content (AvgIpc) is 2.68. The third-order valence-electron chi connectivity index (χ3n) is 4.30. The van der Waals surface area contributed by atoms with Crippen LogP contribution in [-0.2, 0) is 0 Å². The van der Waals surface area contributed by atoms with Gasteiger partial charge in [-0.3, -0.25) is 4.79 Å². The Labute approximate surface area is 152 Å². The standard InChI is InChI=1S/C19H21N5O2/c1-23(2)17-9-10-18(22-21-17)26-16-4-3-11-24(13-16)19(25)15-7-5-14(12-20)6-8-15/h5-10,16H,3-4,11,13H2,1-2H3. The van der Waals surface area contributed by atoms with Gasteiger partial charge in [-0.1, -0.05) is 0 Å². The Morgan fingerprint density at radius 1 is 1.23 bits per heavy atom. The molecule has 0 aliphatic carbocycles. The van der Waals surface area contributed by atoms with Crippen molar-refractivity contribution in [1.82, 2.24) is 15.1 Å². The molecule has 7 heteroatoms. The van der Waals surface area contributed by atoms with Crippen LogP contribution in [0.4, 0.5) is 5.82 Å². The van der Waals surface area contributed by atoms with E-state index >= 15 is 0 Å². The van der Waals surface area contributed by atoms with E-state index in [0.29, 0.717) is 30.1 Å². The predicted octanol–water partition coefficient (Wildman–Crippen LogP) is 2.10. The molecule has 2 aromatic rings. The molecule has 1 aliphatic rings. The van der Waals surface area contributed by atoms with Crippen molar-refractivity contribution < 1.29 is 9.53 Å². The summed E-state index contributed by atoms with van der Waals surface area (Å²) in [5, 5.41) is 17.1. The highest BCUT2D eigenvalue weighted by Gasteiger charge is 2.26. The summed E-state index contributed by atoms with van der Waals surface area (Å²) in [6.07, 6.45) is 1.63. The fourth-order valence-electron chi connectivity index (χ4n) is 2.87. The van der Waals surface area contributed by atoms with Gasteiger partial charge in [-0.25, -0.2) is 0 Å². The zero-order valence-corrected chi connectivity index (χ0v) is 14.9. The molecule has 0 bridgehead atoms. The number of anilines is 1. The second kappa shape index (κ2) is 7.83. The molecule has 1 amide bonds. The highest BCUT2D eigenvalue weighted by atomic mass is 16.5. The molecule has 1 saturated heterocycles. The van der Waals surface area contributed by atoms with Gasteiger partial charge in [-0.2, -0.15) is 5.26 Å². The number of likely N-dealkylation sites (tertiary alicyclic amines) is 1. The molecule has 26 heavy (non-hydrogen) atoms. The van der Waals surface area contributed by atoms with Crippen LogP contribution >= 0.6 is 0 Å². The number of nitriles is 1. The van der Waals surface area contributed by atoms with Gasteiger partial charge in [-0.05, 0) is 43.2 Å². The Morgan fingerprint density at radius 3 is 2.62 bits per heavy atom. The molecular formula is C19H21N5O2. The fourth-order valence-corrected chi connectivity index (χ4v) is 2.87. The van der Waals surface area contributed by atoms with Crippen LogP contribution < -0.4 is 9.64 Å². The second-order valence-electron chi connectivity index (χ2n) is 6.45. The number of hydrogen-bond donors (Lipinski definition) is 0. The molecule has 1 unspecified atom stereocenters. The van der Waals surface area contributed by atoms with Crippen molar-refractivity contribution in [2.24, 2.45) is 0 Å². The van der Waals surface area contributed by atoms with Crippen molar-refractivity contribution in [2.75, 3.05) is 32.1 Å². The van der Waals surface area contributed by atoms with E-state index in [1.165, 1.54) is 0 Å². The van der Waals surface area contributed by atoms with Gasteiger partial charge in [0.15, 0.2) is 5.82 Å². The number of hydrogen-bond acceptors (Lipinski definition) is 6. The predicted molar refractivity (Wildman–Crippen MR) is 97.1 cm³/mol. The highest BCUT2D eigenvalue weighted by Crippen LogP contribution is 2.19. The van der Waals surface area contributed by atoms with E-state index < -0.39 is 0 Å². The maximum atomic E-state index is 12.7. The van der Waals surface area contributed by atoms with Crippen LogP contribution in [0.15, 0.2) is 36.4 Å². The number of carbonyl (C=O) groups excluding carboxylic acids is 1.